The average Bonchev–Trinajstić information content (AvgIpc) is 3.45. The van der Waals surface area contributed by atoms with E-state index in [4.69, 9.17) is 4.74 Å². The lowest BCUT2D eigenvalue weighted by Gasteiger charge is -2.21. The summed E-state index contributed by atoms with van der Waals surface area (Å²) < 4.78 is 5.49. The van der Waals surface area contributed by atoms with Gasteiger partial charge in [-0.05, 0) is 62.9 Å². The van der Waals surface area contributed by atoms with E-state index in [1.807, 2.05) is 24.3 Å². The molecule has 0 unspecified atom stereocenters. The quantitative estimate of drug-likeness (QED) is 0.636. The standard InChI is InChI=1S/C19H27N3O3.ClH/c23-18(22-16-3-4-16)13-25-17-5-1-14(2-6-17)7-12-21-19(24)15-8-10-20-11-9-15;/h1-2,5-6,15-16,20H,3-4,7-13H2,(H,21,24)(H,22,23);1H. The molecule has 3 N–H and O–H groups in total. The summed E-state index contributed by atoms with van der Waals surface area (Å²) in [5.74, 6) is 0.947. The molecule has 1 heterocycles. The Labute approximate surface area is 160 Å². The summed E-state index contributed by atoms with van der Waals surface area (Å²) in [5.41, 5.74) is 1.14. The second-order valence-electron chi connectivity index (χ2n) is 6.84. The molecule has 7 heteroatoms. The molecule has 2 amide bonds. The molecule has 2 aliphatic rings. The third-order valence-corrected chi connectivity index (χ3v) is 4.66. The van der Waals surface area contributed by atoms with Crippen LogP contribution in [0.3, 0.4) is 0 Å². The van der Waals surface area contributed by atoms with Gasteiger partial charge in [-0.3, -0.25) is 9.59 Å². The molecule has 2 fully saturated rings. The second-order valence-corrected chi connectivity index (χ2v) is 6.84. The fraction of sp³-hybridized carbons (Fsp3) is 0.579. The highest BCUT2D eigenvalue weighted by atomic mass is 35.5. The summed E-state index contributed by atoms with van der Waals surface area (Å²) in [6.45, 7) is 2.56. The summed E-state index contributed by atoms with van der Waals surface area (Å²) in [6, 6.07) is 8.05. The van der Waals surface area contributed by atoms with Crippen molar-refractivity contribution in [2.45, 2.75) is 38.1 Å². The lowest BCUT2D eigenvalue weighted by Crippen LogP contribution is -2.38. The van der Waals surface area contributed by atoms with Crippen molar-refractivity contribution in [2.75, 3.05) is 26.2 Å². The predicted molar refractivity (Wildman–Crippen MR) is 103 cm³/mol. The maximum absolute atomic E-state index is 12.1. The van der Waals surface area contributed by atoms with Crippen LogP contribution in [0.4, 0.5) is 0 Å². The Kier molecular flexibility index (Phi) is 8.19. The normalized spacial score (nSPS) is 17.1. The van der Waals surface area contributed by atoms with Gasteiger partial charge in [0, 0.05) is 18.5 Å². The third-order valence-electron chi connectivity index (χ3n) is 4.66. The Morgan fingerprint density at radius 2 is 1.77 bits per heavy atom. The molecule has 26 heavy (non-hydrogen) atoms. The van der Waals surface area contributed by atoms with Crippen molar-refractivity contribution in [3.8, 4) is 5.75 Å². The van der Waals surface area contributed by atoms with Crippen molar-refractivity contribution in [3.63, 3.8) is 0 Å². The Bertz CT molecular complexity index is 584. The molecule has 3 rings (SSSR count). The molecule has 1 saturated carbocycles. The molecule has 0 aromatic heterocycles. The Balaban J connectivity index is 0.00000243. The van der Waals surface area contributed by atoms with Gasteiger partial charge in [0.1, 0.15) is 5.75 Å². The Hall–Kier alpha value is -1.79. The maximum atomic E-state index is 12.1. The molecule has 6 nitrogen and oxygen atoms in total. The van der Waals surface area contributed by atoms with Gasteiger partial charge in [0.15, 0.2) is 6.61 Å². The Morgan fingerprint density at radius 1 is 1.08 bits per heavy atom. The van der Waals surface area contributed by atoms with Gasteiger partial charge in [-0.1, -0.05) is 12.1 Å². The summed E-state index contributed by atoms with van der Waals surface area (Å²) in [5, 5.41) is 9.19. The number of nitrogens with one attached hydrogen (secondary N) is 3. The van der Waals surface area contributed by atoms with E-state index in [0.717, 1.165) is 50.8 Å². The zero-order valence-electron chi connectivity index (χ0n) is 15.0. The van der Waals surface area contributed by atoms with Crippen molar-refractivity contribution in [1.82, 2.24) is 16.0 Å². The van der Waals surface area contributed by atoms with Crippen molar-refractivity contribution < 1.29 is 14.3 Å². The first-order valence-corrected chi connectivity index (χ1v) is 9.20. The van der Waals surface area contributed by atoms with Gasteiger partial charge in [-0.15, -0.1) is 12.4 Å². The summed E-state index contributed by atoms with van der Waals surface area (Å²) >= 11 is 0. The molecule has 1 aromatic carbocycles. The van der Waals surface area contributed by atoms with E-state index in [2.05, 4.69) is 16.0 Å². The second kappa shape index (κ2) is 10.4. The van der Waals surface area contributed by atoms with Gasteiger partial charge in [0.25, 0.3) is 5.91 Å². The van der Waals surface area contributed by atoms with Crippen LogP contribution >= 0.6 is 12.4 Å². The minimum Gasteiger partial charge on any atom is -0.484 e. The van der Waals surface area contributed by atoms with Crippen molar-refractivity contribution in [3.05, 3.63) is 29.8 Å². The number of hydrogen-bond acceptors (Lipinski definition) is 4. The predicted octanol–water partition coefficient (Wildman–Crippen LogP) is 1.42. The summed E-state index contributed by atoms with van der Waals surface area (Å²) in [7, 11) is 0. The average molecular weight is 382 g/mol. The van der Waals surface area contributed by atoms with Crippen LogP contribution in [0.1, 0.15) is 31.2 Å². The molecule has 144 valence electrons. The lowest BCUT2D eigenvalue weighted by atomic mass is 9.97. The molecule has 1 aromatic rings. The third kappa shape index (κ3) is 6.84. The number of piperidine rings is 1. The maximum Gasteiger partial charge on any atom is 0.258 e. The number of hydrogen-bond donors (Lipinski definition) is 3. The van der Waals surface area contributed by atoms with Gasteiger partial charge >= 0.3 is 0 Å². The summed E-state index contributed by atoms with van der Waals surface area (Å²) in [4.78, 5) is 23.7. The highest BCUT2D eigenvalue weighted by molar-refractivity contribution is 5.85. The topological polar surface area (TPSA) is 79.5 Å². The van der Waals surface area contributed by atoms with E-state index in [9.17, 15) is 9.59 Å². The van der Waals surface area contributed by atoms with E-state index in [-0.39, 0.29) is 36.7 Å². The van der Waals surface area contributed by atoms with Crippen LogP contribution in [0.2, 0.25) is 0 Å². The molecular weight excluding hydrogens is 354 g/mol. The summed E-state index contributed by atoms with van der Waals surface area (Å²) in [6.07, 6.45) is 4.79. The number of carbonyl (C=O) groups is 2. The zero-order chi connectivity index (χ0) is 17.5. The van der Waals surface area contributed by atoms with Crippen LogP contribution in [0.25, 0.3) is 0 Å². The van der Waals surface area contributed by atoms with Gasteiger partial charge in [-0.2, -0.15) is 0 Å². The van der Waals surface area contributed by atoms with Gasteiger partial charge < -0.3 is 20.7 Å². The van der Waals surface area contributed by atoms with E-state index in [1.54, 1.807) is 0 Å². The van der Waals surface area contributed by atoms with E-state index < -0.39 is 0 Å². The minimum absolute atomic E-state index is 0. The molecule has 0 spiro atoms. The highest BCUT2D eigenvalue weighted by Crippen LogP contribution is 2.18. The molecule has 1 saturated heterocycles. The van der Waals surface area contributed by atoms with E-state index >= 15 is 0 Å². The monoisotopic (exact) mass is 381 g/mol. The zero-order valence-corrected chi connectivity index (χ0v) is 15.8. The van der Waals surface area contributed by atoms with Crippen LogP contribution in [0, 0.1) is 5.92 Å². The first-order valence-electron chi connectivity index (χ1n) is 9.20. The molecular formula is C19H28ClN3O3. The van der Waals surface area contributed by atoms with E-state index in [1.165, 1.54) is 0 Å². The van der Waals surface area contributed by atoms with Gasteiger partial charge in [0.05, 0.1) is 0 Å². The van der Waals surface area contributed by atoms with E-state index in [0.29, 0.717) is 18.3 Å². The number of ether oxygens (including phenoxy) is 1. The number of halogens is 1. The fourth-order valence-corrected chi connectivity index (χ4v) is 2.96. The number of carbonyl (C=O) groups excluding carboxylic acids is 2. The number of rotatable bonds is 8. The smallest absolute Gasteiger partial charge is 0.258 e. The lowest BCUT2D eigenvalue weighted by molar-refractivity contribution is -0.125. The highest BCUT2D eigenvalue weighted by Gasteiger charge is 2.23. The van der Waals surface area contributed by atoms with Crippen LogP contribution < -0.4 is 20.7 Å². The number of amides is 2. The molecule has 0 radical (unpaired) electrons. The van der Waals surface area contributed by atoms with Crippen LogP contribution in [0.5, 0.6) is 5.75 Å². The SMILES string of the molecule is Cl.O=C(COc1ccc(CCNC(=O)C2CCNCC2)cc1)NC1CC1. The molecule has 0 bridgehead atoms. The van der Waals surface area contributed by atoms with Crippen molar-refractivity contribution in [1.29, 1.82) is 0 Å². The molecule has 0 atom stereocenters. The molecule has 1 aliphatic heterocycles. The van der Waals surface area contributed by atoms with Crippen molar-refractivity contribution in [2.24, 2.45) is 5.92 Å². The van der Waals surface area contributed by atoms with Crippen LogP contribution in [0.15, 0.2) is 24.3 Å². The van der Waals surface area contributed by atoms with Crippen molar-refractivity contribution >= 4 is 24.2 Å². The first kappa shape index (κ1) is 20.5. The largest absolute Gasteiger partial charge is 0.484 e. The molecule has 1 aliphatic carbocycles. The van der Waals surface area contributed by atoms with Crippen LogP contribution in [-0.4, -0.2) is 44.1 Å². The van der Waals surface area contributed by atoms with Gasteiger partial charge in [0.2, 0.25) is 5.91 Å². The van der Waals surface area contributed by atoms with Crippen LogP contribution in [-0.2, 0) is 16.0 Å². The number of benzene rings is 1. The van der Waals surface area contributed by atoms with Gasteiger partial charge in [-0.25, -0.2) is 0 Å². The Morgan fingerprint density at radius 3 is 2.42 bits per heavy atom. The minimum atomic E-state index is -0.0628. The first-order chi connectivity index (χ1) is 12.2. The fourth-order valence-electron chi connectivity index (χ4n) is 2.96.